The fourth-order valence-electron chi connectivity index (χ4n) is 1.97. The highest BCUT2D eigenvalue weighted by Gasteiger charge is 2.23. The molecular formula is C11H22N2O. The van der Waals surface area contributed by atoms with Crippen LogP contribution < -0.4 is 0 Å². The molecule has 1 atom stereocenters. The summed E-state index contributed by atoms with van der Waals surface area (Å²) in [5.74, 6) is 0.416. The molecule has 0 bridgehead atoms. The molecule has 0 N–H and O–H groups in total. The number of carbonyl (C=O) groups is 1. The molecule has 0 radical (unpaired) electrons. The number of rotatable bonds is 4. The van der Waals surface area contributed by atoms with Gasteiger partial charge in [-0.1, -0.05) is 6.92 Å². The van der Waals surface area contributed by atoms with Crippen molar-refractivity contribution >= 4 is 5.78 Å². The van der Waals surface area contributed by atoms with Gasteiger partial charge in [0.1, 0.15) is 5.78 Å². The highest BCUT2D eigenvalue weighted by atomic mass is 16.1. The number of nitrogens with zero attached hydrogens (tertiary/aromatic N) is 2. The first kappa shape index (κ1) is 11.7. The Hall–Kier alpha value is -0.410. The summed E-state index contributed by atoms with van der Waals surface area (Å²) in [5.41, 5.74) is 0. The second-order valence-electron chi connectivity index (χ2n) is 4.39. The minimum atomic E-state index is 0.416. The van der Waals surface area contributed by atoms with Crippen molar-refractivity contribution in [1.82, 2.24) is 9.80 Å². The highest BCUT2D eigenvalue weighted by Crippen LogP contribution is 2.11. The van der Waals surface area contributed by atoms with E-state index in [1.807, 2.05) is 0 Å². The molecule has 82 valence electrons. The molecule has 1 rings (SSSR count). The first-order valence-electron chi connectivity index (χ1n) is 5.54. The van der Waals surface area contributed by atoms with Crippen LogP contribution in [0.1, 0.15) is 26.2 Å². The molecule has 1 heterocycles. The van der Waals surface area contributed by atoms with E-state index in [1.54, 1.807) is 0 Å². The zero-order valence-electron chi connectivity index (χ0n) is 9.62. The molecule has 0 aliphatic carbocycles. The van der Waals surface area contributed by atoms with Gasteiger partial charge in [-0.2, -0.15) is 0 Å². The molecule has 1 aliphatic rings. The molecule has 3 heteroatoms. The van der Waals surface area contributed by atoms with Crippen LogP contribution >= 0.6 is 0 Å². The highest BCUT2D eigenvalue weighted by molar-refractivity contribution is 5.78. The SMILES string of the molecule is CCCC(=O)CC1CN(C)CCN1C. The van der Waals surface area contributed by atoms with Gasteiger partial charge in [0.2, 0.25) is 0 Å². The number of Topliss-reactive ketones (excluding diaryl/α,β-unsaturated/α-hetero) is 1. The molecule has 1 aliphatic heterocycles. The molecule has 0 amide bonds. The van der Waals surface area contributed by atoms with Gasteiger partial charge in [0.15, 0.2) is 0 Å². The molecular weight excluding hydrogens is 176 g/mol. The number of carbonyl (C=O) groups excluding carboxylic acids is 1. The van der Waals surface area contributed by atoms with E-state index in [2.05, 4.69) is 30.8 Å². The molecule has 3 nitrogen and oxygen atoms in total. The largest absolute Gasteiger partial charge is 0.304 e. The van der Waals surface area contributed by atoms with E-state index < -0.39 is 0 Å². The zero-order valence-corrected chi connectivity index (χ0v) is 9.62. The van der Waals surface area contributed by atoms with Crippen molar-refractivity contribution in [2.24, 2.45) is 0 Å². The summed E-state index contributed by atoms with van der Waals surface area (Å²) >= 11 is 0. The van der Waals surface area contributed by atoms with Crippen LogP contribution in [0, 0.1) is 0 Å². The fraction of sp³-hybridized carbons (Fsp3) is 0.909. The molecule has 14 heavy (non-hydrogen) atoms. The maximum absolute atomic E-state index is 11.5. The maximum Gasteiger partial charge on any atom is 0.134 e. The second-order valence-corrected chi connectivity index (χ2v) is 4.39. The van der Waals surface area contributed by atoms with Gasteiger partial charge < -0.3 is 9.80 Å². The van der Waals surface area contributed by atoms with E-state index in [-0.39, 0.29) is 0 Å². The van der Waals surface area contributed by atoms with Crippen LogP contribution in [-0.2, 0) is 4.79 Å². The molecule has 0 spiro atoms. The second kappa shape index (κ2) is 5.47. The Balaban J connectivity index is 2.37. The van der Waals surface area contributed by atoms with Gasteiger partial charge in [-0.15, -0.1) is 0 Å². The van der Waals surface area contributed by atoms with Crippen LogP contribution in [-0.4, -0.2) is 55.4 Å². The van der Waals surface area contributed by atoms with Gasteiger partial charge >= 0.3 is 0 Å². The third kappa shape index (κ3) is 3.39. The predicted octanol–water partition coefficient (Wildman–Crippen LogP) is 0.992. The summed E-state index contributed by atoms with van der Waals surface area (Å²) in [6, 6.07) is 0.438. The molecule has 0 aromatic carbocycles. The van der Waals surface area contributed by atoms with E-state index >= 15 is 0 Å². The lowest BCUT2D eigenvalue weighted by Crippen LogP contribution is -2.50. The predicted molar refractivity (Wildman–Crippen MR) is 58.4 cm³/mol. The van der Waals surface area contributed by atoms with Gasteiger partial charge in [0.25, 0.3) is 0 Å². The average molecular weight is 198 g/mol. The van der Waals surface area contributed by atoms with Crippen LogP contribution in [0.3, 0.4) is 0 Å². The van der Waals surface area contributed by atoms with Crippen LogP contribution in [0.5, 0.6) is 0 Å². The van der Waals surface area contributed by atoms with Crippen LogP contribution in [0.4, 0.5) is 0 Å². The molecule has 1 saturated heterocycles. The molecule has 1 unspecified atom stereocenters. The van der Waals surface area contributed by atoms with E-state index in [0.717, 1.165) is 38.9 Å². The number of piperazine rings is 1. The van der Waals surface area contributed by atoms with Gasteiger partial charge in [0.05, 0.1) is 0 Å². The monoisotopic (exact) mass is 198 g/mol. The van der Waals surface area contributed by atoms with Crippen molar-refractivity contribution in [3.05, 3.63) is 0 Å². The smallest absolute Gasteiger partial charge is 0.134 e. The number of hydrogen-bond acceptors (Lipinski definition) is 3. The minimum absolute atomic E-state index is 0.416. The first-order valence-corrected chi connectivity index (χ1v) is 5.54. The Kier molecular flexibility index (Phi) is 4.55. The lowest BCUT2D eigenvalue weighted by molar-refractivity contribution is -0.120. The maximum atomic E-state index is 11.5. The third-order valence-electron chi connectivity index (χ3n) is 2.97. The van der Waals surface area contributed by atoms with E-state index in [1.165, 1.54) is 0 Å². The summed E-state index contributed by atoms with van der Waals surface area (Å²) < 4.78 is 0. The average Bonchev–Trinajstić information content (AvgIpc) is 2.12. The van der Waals surface area contributed by atoms with Crippen molar-refractivity contribution in [2.75, 3.05) is 33.7 Å². The van der Waals surface area contributed by atoms with E-state index in [0.29, 0.717) is 11.8 Å². The van der Waals surface area contributed by atoms with Gasteiger partial charge in [-0.05, 0) is 20.5 Å². The van der Waals surface area contributed by atoms with Crippen molar-refractivity contribution in [1.29, 1.82) is 0 Å². The van der Waals surface area contributed by atoms with Gasteiger partial charge in [-0.3, -0.25) is 4.79 Å². The fourth-order valence-corrected chi connectivity index (χ4v) is 1.97. The normalized spacial score (nSPS) is 25.2. The Morgan fingerprint density at radius 2 is 2.07 bits per heavy atom. The minimum Gasteiger partial charge on any atom is -0.304 e. The molecule has 1 fully saturated rings. The Bertz CT molecular complexity index is 194. The summed E-state index contributed by atoms with van der Waals surface area (Å²) in [5, 5.41) is 0. The van der Waals surface area contributed by atoms with Crippen LogP contribution in [0.15, 0.2) is 0 Å². The molecule has 0 aromatic heterocycles. The van der Waals surface area contributed by atoms with Crippen molar-refractivity contribution < 1.29 is 4.79 Å². The van der Waals surface area contributed by atoms with Crippen molar-refractivity contribution in [3.8, 4) is 0 Å². The standard InChI is InChI=1S/C11H22N2O/c1-4-5-11(14)8-10-9-12(2)6-7-13(10)3/h10H,4-9H2,1-3H3. The number of likely N-dealkylation sites (N-methyl/N-ethyl adjacent to an activating group) is 2. The Morgan fingerprint density at radius 3 is 2.71 bits per heavy atom. The molecule has 0 aromatic rings. The quantitative estimate of drug-likeness (QED) is 0.673. The molecule has 0 saturated carbocycles. The summed E-state index contributed by atoms with van der Waals surface area (Å²) in [6.45, 7) is 5.30. The van der Waals surface area contributed by atoms with Crippen LogP contribution in [0.25, 0.3) is 0 Å². The van der Waals surface area contributed by atoms with Gasteiger partial charge in [-0.25, -0.2) is 0 Å². The zero-order chi connectivity index (χ0) is 10.6. The van der Waals surface area contributed by atoms with Crippen LogP contribution in [0.2, 0.25) is 0 Å². The lowest BCUT2D eigenvalue weighted by atomic mass is 10.0. The summed E-state index contributed by atoms with van der Waals surface area (Å²) in [7, 11) is 4.25. The van der Waals surface area contributed by atoms with Gasteiger partial charge in [0, 0.05) is 38.5 Å². The van der Waals surface area contributed by atoms with Crippen molar-refractivity contribution in [2.45, 2.75) is 32.2 Å². The number of hydrogen-bond donors (Lipinski definition) is 0. The lowest BCUT2D eigenvalue weighted by Gasteiger charge is -2.37. The Labute approximate surface area is 87.1 Å². The third-order valence-corrected chi connectivity index (χ3v) is 2.97. The van der Waals surface area contributed by atoms with E-state index in [4.69, 9.17) is 0 Å². The first-order chi connectivity index (χ1) is 6.63. The number of ketones is 1. The Morgan fingerprint density at radius 1 is 1.36 bits per heavy atom. The summed E-state index contributed by atoms with van der Waals surface area (Å²) in [6.07, 6.45) is 2.45. The van der Waals surface area contributed by atoms with Crippen molar-refractivity contribution in [3.63, 3.8) is 0 Å². The summed E-state index contributed by atoms with van der Waals surface area (Å²) in [4.78, 5) is 16.1. The van der Waals surface area contributed by atoms with E-state index in [9.17, 15) is 4.79 Å². The topological polar surface area (TPSA) is 23.6 Å².